The number of nitrogens with zero attached hydrogens (tertiary/aromatic N) is 1. The van der Waals surface area contributed by atoms with Crippen molar-refractivity contribution in [3.05, 3.63) is 63.2 Å². The molecule has 0 amide bonds. The third kappa shape index (κ3) is 5.32. The molecule has 30 heavy (non-hydrogen) atoms. The van der Waals surface area contributed by atoms with Crippen LogP contribution in [0.25, 0.3) is 0 Å². The van der Waals surface area contributed by atoms with E-state index in [1.165, 1.54) is 19.1 Å². The zero-order valence-electron chi connectivity index (χ0n) is 16.4. The average Bonchev–Trinajstić information content (AvgIpc) is 2.67. The standard InChI is InChI=1S/C19H19NO9S/c1-4-27-18(21)13-8-14(19(22)28-5-2)10-16(9-13)29-30(25,26)17-11-15(20(23)24)7-6-12(17)3/h6-11H,4-5H2,1-3H3. The lowest BCUT2D eigenvalue weighted by Gasteiger charge is -2.12. The lowest BCUT2D eigenvalue weighted by atomic mass is 10.1. The highest BCUT2D eigenvalue weighted by Crippen LogP contribution is 2.27. The molecule has 11 heteroatoms. The van der Waals surface area contributed by atoms with E-state index in [-0.39, 0.29) is 35.7 Å². The smallest absolute Gasteiger partial charge is 0.339 e. The van der Waals surface area contributed by atoms with Crippen molar-refractivity contribution in [1.82, 2.24) is 0 Å². The molecule has 2 aromatic carbocycles. The quantitative estimate of drug-likeness (QED) is 0.264. The number of esters is 2. The predicted octanol–water partition coefficient (Wildman–Crippen LogP) is 3.02. The average molecular weight is 437 g/mol. The Morgan fingerprint density at radius 1 is 0.967 bits per heavy atom. The molecule has 2 aromatic rings. The summed E-state index contributed by atoms with van der Waals surface area (Å²) in [6.45, 7) is 4.73. The number of nitro groups is 1. The number of nitro benzene ring substituents is 1. The number of hydrogen-bond acceptors (Lipinski definition) is 9. The normalized spacial score (nSPS) is 10.9. The van der Waals surface area contributed by atoms with Crippen molar-refractivity contribution in [2.75, 3.05) is 13.2 Å². The van der Waals surface area contributed by atoms with E-state index in [9.17, 15) is 28.1 Å². The molecule has 0 spiro atoms. The highest BCUT2D eigenvalue weighted by atomic mass is 32.2. The molecular weight excluding hydrogens is 418 g/mol. The molecule has 0 aliphatic heterocycles. The number of ether oxygens (including phenoxy) is 2. The van der Waals surface area contributed by atoms with Gasteiger partial charge in [-0.2, -0.15) is 8.42 Å². The van der Waals surface area contributed by atoms with E-state index in [1.807, 2.05) is 0 Å². The highest BCUT2D eigenvalue weighted by Gasteiger charge is 2.24. The van der Waals surface area contributed by atoms with E-state index in [0.717, 1.165) is 24.3 Å². The lowest BCUT2D eigenvalue weighted by molar-refractivity contribution is -0.385. The van der Waals surface area contributed by atoms with Gasteiger partial charge in [0, 0.05) is 12.1 Å². The number of carbonyl (C=O) groups excluding carboxylic acids is 2. The number of rotatable bonds is 8. The predicted molar refractivity (Wildman–Crippen MR) is 104 cm³/mol. The van der Waals surface area contributed by atoms with Gasteiger partial charge in [0.25, 0.3) is 5.69 Å². The van der Waals surface area contributed by atoms with Gasteiger partial charge < -0.3 is 13.7 Å². The summed E-state index contributed by atoms with van der Waals surface area (Å²) in [5.74, 6) is -1.94. The van der Waals surface area contributed by atoms with Crippen LogP contribution in [0, 0.1) is 17.0 Å². The van der Waals surface area contributed by atoms with Crippen molar-refractivity contribution in [1.29, 1.82) is 0 Å². The van der Waals surface area contributed by atoms with Gasteiger partial charge in [0.1, 0.15) is 10.6 Å². The molecule has 0 aliphatic carbocycles. The van der Waals surface area contributed by atoms with Gasteiger partial charge in [-0.25, -0.2) is 9.59 Å². The summed E-state index contributed by atoms with van der Waals surface area (Å²) in [5.41, 5.74) is -0.463. The Morgan fingerprint density at radius 3 is 1.97 bits per heavy atom. The molecule has 0 saturated carbocycles. The maximum Gasteiger partial charge on any atom is 0.339 e. The Hall–Kier alpha value is -3.47. The van der Waals surface area contributed by atoms with Crippen molar-refractivity contribution in [2.24, 2.45) is 0 Å². The van der Waals surface area contributed by atoms with Gasteiger partial charge in [-0.1, -0.05) is 6.07 Å². The number of hydrogen-bond donors (Lipinski definition) is 0. The second kappa shape index (κ2) is 9.35. The summed E-state index contributed by atoms with van der Waals surface area (Å²) in [5, 5.41) is 11.0. The Kier molecular flexibility index (Phi) is 7.11. The van der Waals surface area contributed by atoms with Crippen molar-refractivity contribution in [3.63, 3.8) is 0 Å². The highest BCUT2D eigenvalue weighted by molar-refractivity contribution is 7.87. The molecule has 0 bridgehead atoms. The van der Waals surface area contributed by atoms with E-state index < -0.39 is 37.6 Å². The van der Waals surface area contributed by atoms with E-state index in [2.05, 4.69) is 0 Å². The van der Waals surface area contributed by atoms with Gasteiger partial charge in [0.15, 0.2) is 0 Å². The van der Waals surface area contributed by atoms with Crippen molar-refractivity contribution in [3.8, 4) is 5.75 Å². The fraction of sp³-hybridized carbons (Fsp3) is 0.263. The third-order valence-corrected chi connectivity index (χ3v) is 5.18. The molecule has 0 heterocycles. The van der Waals surface area contributed by atoms with Gasteiger partial charge in [-0.15, -0.1) is 0 Å². The van der Waals surface area contributed by atoms with E-state index in [4.69, 9.17) is 13.7 Å². The lowest BCUT2D eigenvalue weighted by Crippen LogP contribution is -2.14. The molecule has 10 nitrogen and oxygen atoms in total. The van der Waals surface area contributed by atoms with E-state index >= 15 is 0 Å². The van der Waals surface area contributed by atoms with Crippen LogP contribution in [0.1, 0.15) is 40.1 Å². The summed E-state index contributed by atoms with van der Waals surface area (Å²) in [6, 6.07) is 6.66. The molecule has 0 atom stereocenters. The SMILES string of the molecule is CCOC(=O)c1cc(OS(=O)(=O)c2cc([N+](=O)[O-])ccc2C)cc(C(=O)OCC)c1. The van der Waals surface area contributed by atoms with Gasteiger partial charge in [-0.3, -0.25) is 10.1 Å². The Balaban J connectivity index is 2.52. The van der Waals surface area contributed by atoms with Crippen LogP contribution in [0.5, 0.6) is 5.75 Å². The van der Waals surface area contributed by atoms with Gasteiger partial charge in [0.05, 0.1) is 29.3 Å². The second-order valence-corrected chi connectivity index (χ2v) is 7.45. The fourth-order valence-corrected chi connectivity index (χ4v) is 3.62. The Bertz CT molecular complexity index is 1060. The summed E-state index contributed by atoms with van der Waals surface area (Å²) < 4.78 is 40.3. The van der Waals surface area contributed by atoms with Crippen LogP contribution < -0.4 is 4.18 Å². The third-order valence-electron chi connectivity index (χ3n) is 3.79. The molecule has 160 valence electrons. The molecule has 2 rings (SSSR count). The number of benzene rings is 2. The Labute approximate surface area is 172 Å². The minimum Gasteiger partial charge on any atom is -0.462 e. The molecule has 0 radical (unpaired) electrons. The monoisotopic (exact) mass is 437 g/mol. The largest absolute Gasteiger partial charge is 0.462 e. The number of aryl methyl sites for hydroxylation is 1. The first-order chi connectivity index (χ1) is 14.1. The molecule has 0 N–H and O–H groups in total. The minimum atomic E-state index is -4.52. The van der Waals surface area contributed by atoms with Crippen molar-refractivity contribution >= 4 is 27.7 Å². The summed E-state index contributed by atoms with van der Waals surface area (Å²) in [4.78, 5) is 34.0. The van der Waals surface area contributed by atoms with Crippen LogP contribution in [0.3, 0.4) is 0 Å². The topological polar surface area (TPSA) is 139 Å². The van der Waals surface area contributed by atoms with Crippen LogP contribution >= 0.6 is 0 Å². The van der Waals surface area contributed by atoms with Crippen molar-refractivity contribution in [2.45, 2.75) is 25.7 Å². The number of carbonyl (C=O) groups is 2. The molecule has 0 fully saturated rings. The summed E-state index contributed by atoms with van der Waals surface area (Å²) in [6.07, 6.45) is 0. The molecule has 0 saturated heterocycles. The van der Waals surface area contributed by atoms with Gasteiger partial charge in [-0.05, 0) is 44.5 Å². The Morgan fingerprint density at radius 2 is 1.50 bits per heavy atom. The van der Waals surface area contributed by atoms with Crippen LogP contribution in [0.2, 0.25) is 0 Å². The second-order valence-electron chi connectivity index (χ2n) is 5.93. The summed E-state index contributed by atoms with van der Waals surface area (Å²) >= 11 is 0. The zero-order chi connectivity index (χ0) is 22.5. The first kappa shape index (κ1) is 22.8. The maximum atomic E-state index is 12.7. The first-order valence-electron chi connectivity index (χ1n) is 8.78. The number of non-ortho nitro benzene ring substituents is 1. The molecule has 0 aromatic heterocycles. The summed E-state index contributed by atoms with van der Waals surface area (Å²) in [7, 11) is -4.52. The van der Waals surface area contributed by atoms with Crippen LogP contribution in [0.4, 0.5) is 5.69 Å². The van der Waals surface area contributed by atoms with Crippen molar-refractivity contribution < 1.29 is 36.6 Å². The van der Waals surface area contributed by atoms with Gasteiger partial charge in [0.2, 0.25) is 0 Å². The van der Waals surface area contributed by atoms with Gasteiger partial charge >= 0.3 is 22.1 Å². The minimum absolute atomic E-state index is 0.0594. The molecular formula is C19H19NO9S. The molecule has 0 aliphatic rings. The van der Waals surface area contributed by atoms with E-state index in [0.29, 0.717) is 0 Å². The first-order valence-corrected chi connectivity index (χ1v) is 10.2. The maximum absolute atomic E-state index is 12.7. The zero-order valence-corrected chi connectivity index (χ0v) is 17.2. The van der Waals surface area contributed by atoms with Crippen LogP contribution in [-0.2, 0) is 19.6 Å². The van der Waals surface area contributed by atoms with E-state index in [1.54, 1.807) is 13.8 Å². The fourth-order valence-electron chi connectivity index (χ4n) is 2.45. The van der Waals surface area contributed by atoms with Crippen LogP contribution in [0.15, 0.2) is 41.3 Å². The van der Waals surface area contributed by atoms with Crippen LogP contribution in [-0.4, -0.2) is 38.5 Å². The molecule has 0 unspecified atom stereocenters.